The number of alkyl halides is 2. The van der Waals surface area contributed by atoms with E-state index in [2.05, 4.69) is 20.8 Å². The number of halogens is 2. The van der Waals surface area contributed by atoms with Crippen LogP contribution < -0.4 is 10.6 Å². The number of carbonyl (C=O) groups is 1. The number of aromatic nitrogens is 2. The maximum Gasteiger partial charge on any atom is 0.288 e. The van der Waals surface area contributed by atoms with Gasteiger partial charge in [-0.25, -0.2) is 0 Å². The number of nitrogens with zero attached hydrogens (tertiary/aromatic N) is 2. The second-order valence-electron chi connectivity index (χ2n) is 5.81. The van der Waals surface area contributed by atoms with Gasteiger partial charge in [0.25, 0.3) is 5.76 Å². The van der Waals surface area contributed by atoms with E-state index in [9.17, 15) is 13.6 Å². The molecular weight excluding hydrogens is 426 g/mol. The first-order valence-corrected chi connectivity index (χ1v) is 11.3. The van der Waals surface area contributed by atoms with Gasteiger partial charge in [0.1, 0.15) is 0 Å². The van der Waals surface area contributed by atoms with Crippen LogP contribution in [-0.4, -0.2) is 46.9 Å². The number of rotatable bonds is 12. The minimum atomic E-state index is -2.44. The van der Waals surface area contributed by atoms with Crippen molar-refractivity contribution in [2.75, 3.05) is 24.2 Å². The van der Waals surface area contributed by atoms with Crippen molar-refractivity contribution in [3.8, 4) is 0 Å². The van der Waals surface area contributed by atoms with Gasteiger partial charge in [-0.15, -0.1) is 10.2 Å². The number of amides is 1. The Balaban J connectivity index is 1.69. The molecule has 0 aliphatic rings. The van der Waals surface area contributed by atoms with Crippen LogP contribution in [0.4, 0.5) is 19.6 Å². The average molecular weight is 449 g/mol. The molecule has 0 unspecified atom stereocenters. The minimum Gasteiger partial charge on any atom is -0.379 e. The van der Waals surface area contributed by atoms with Gasteiger partial charge in [-0.05, 0) is 44.5 Å². The first-order chi connectivity index (χ1) is 13.4. The summed E-state index contributed by atoms with van der Waals surface area (Å²) in [4.78, 5) is 12.3. The van der Waals surface area contributed by atoms with E-state index in [-0.39, 0.29) is 17.8 Å². The predicted molar refractivity (Wildman–Crippen MR) is 111 cm³/mol. The molecule has 0 aliphatic heterocycles. The fraction of sp³-hybridized carbons (Fsp3) is 0.471. The summed E-state index contributed by atoms with van der Waals surface area (Å²) in [6, 6.07) is 6.64. The fourth-order valence-corrected chi connectivity index (χ4v) is 4.06. The molecule has 0 atom stereocenters. The molecule has 1 aromatic carbocycles. The van der Waals surface area contributed by atoms with E-state index in [1.165, 1.54) is 23.1 Å². The highest BCUT2D eigenvalue weighted by atomic mass is 32.2. The number of carbonyl (C=O) groups excluding carboxylic acids is 1. The molecule has 0 bridgehead atoms. The number of hydrogen-bond donors (Lipinski definition) is 2. The standard InChI is InChI=1S/C17H22F2N4O2S3/c1-11(2)25-9-3-8-20-14(24)10-26-17-23-22-16(28-17)21-12-4-6-13(7-5-12)27-15(18)19/h4-7,11,15H,3,8-10H2,1-2H3,(H,20,24)(H,21,22). The predicted octanol–water partition coefficient (Wildman–Crippen LogP) is 4.62. The third-order valence-electron chi connectivity index (χ3n) is 3.16. The van der Waals surface area contributed by atoms with Crippen molar-refractivity contribution in [1.82, 2.24) is 15.5 Å². The van der Waals surface area contributed by atoms with E-state index in [4.69, 9.17) is 4.74 Å². The van der Waals surface area contributed by atoms with Crippen molar-refractivity contribution in [3.63, 3.8) is 0 Å². The summed E-state index contributed by atoms with van der Waals surface area (Å²) in [6.45, 7) is 5.15. The van der Waals surface area contributed by atoms with Crippen LogP contribution in [0.3, 0.4) is 0 Å². The lowest BCUT2D eigenvalue weighted by molar-refractivity contribution is -0.118. The third-order valence-corrected chi connectivity index (χ3v) is 5.85. The molecule has 154 valence electrons. The minimum absolute atomic E-state index is 0.0635. The molecule has 11 heteroatoms. The molecule has 1 heterocycles. The highest BCUT2D eigenvalue weighted by molar-refractivity contribution is 8.01. The lowest BCUT2D eigenvalue weighted by Gasteiger charge is -2.07. The summed E-state index contributed by atoms with van der Waals surface area (Å²) in [6.07, 6.45) is 0.969. The summed E-state index contributed by atoms with van der Waals surface area (Å²) in [7, 11) is 0. The van der Waals surface area contributed by atoms with Gasteiger partial charge in [-0.3, -0.25) is 4.79 Å². The van der Waals surface area contributed by atoms with Crippen LogP contribution in [0.25, 0.3) is 0 Å². The van der Waals surface area contributed by atoms with Gasteiger partial charge in [-0.2, -0.15) is 8.78 Å². The molecule has 0 aliphatic carbocycles. The zero-order chi connectivity index (χ0) is 20.4. The van der Waals surface area contributed by atoms with E-state index in [1.54, 1.807) is 24.3 Å². The SMILES string of the molecule is CC(C)OCCCNC(=O)CSc1nnc(Nc2ccc(SC(F)F)cc2)s1. The van der Waals surface area contributed by atoms with Crippen molar-refractivity contribution < 1.29 is 18.3 Å². The van der Waals surface area contributed by atoms with Crippen molar-refractivity contribution >= 4 is 51.6 Å². The van der Waals surface area contributed by atoms with Gasteiger partial charge in [0.2, 0.25) is 11.0 Å². The van der Waals surface area contributed by atoms with Crippen molar-refractivity contribution in [2.24, 2.45) is 0 Å². The molecule has 0 saturated heterocycles. The van der Waals surface area contributed by atoms with Crippen LogP contribution in [-0.2, 0) is 9.53 Å². The summed E-state index contributed by atoms with van der Waals surface area (Å²) in [5, 5.41) is 14.5. The van der Waals surface area contributed by atoms with E-state index < -0.39 is 5.76 Å². The number of anilines is 2. The number of thioether (sulfide) groups is 2. The number of hydrogen-bond acceptors (Lipinski definition) is 8. The van der Waals surface area contributed by atoms with Crippen LogP contribution in [0, 0.1) is 0 Å². The molecule has 2 rings (SSSR count). The van der Waals surface area contributed by atoms with Crippen molar-refractivity contribution in [3.05, 3.63) is 24.3 Å². The molecule has 28 heavy (non-hydrogen) atoms. The van der Waals surface area contributed by atoms with E-state index in [0.717, 1.165) is 12.1 Å². The second-order valence-corrected chi connectivity index (χ2v) is 9.08. The Bertz CT molecular complexity index is 729. The maximum absolute atomic E-state index is 12.3. The molecule has 1 aromatic heterocycles. The van der Waals surface area contributed by atoms with Crippen LogP contribution in [0.1, 0.15) is 20.3 Å². The van der Waals surface area contributed by atoms with Gasteiger partial charge >= 0.3 is 0 Å². The number of ether oxygens (including phenoxy) is 1. The van der Waals surface area contributed by atoms with E-state index >= 15 is 0 Å². The third kappa shape index (κ3) is 9.18. The average Bonchev–Trinajstić information content (AvgIpc) is 3.08. The summed E-state index contributed by atoms with van der Waals surface area (Å²) in [5.74, 6) is -2.24. The first-order valence-electron chi connectivity index (χ1n) is 8.59. The molecule has 2 aromatic rings. The first kappa shape index (κ1) is 22.9. The quantitative estimate of drug-likeness (QED) is 0.362. The Morgan fingerprint density at radius 3 is 2.68 bits per heavy atom. The van der Waals surface area contributed by atoms with Gasteiger partial charge in [-0.1, -0.05) is 34.9 Å². The zero-order valence-corrected chi connectivity index (χ0v) is 17.9. The summed E-state index contributed by atoms with van der Waals surface area (Å²) >= 11 is 3.14. The lowest BCUT2D eigenvalue weighted by atomic mass is 10.3. The smallest absolute Gasteiger partial charge is 0.288 e. The lowest BCUT2D eigenvalue weighted by Crippen LogP contribution is -2.27. The zero-order valence-electron chi connectivity index (χ0n) is 15.5. The van der Waals surface area contributed by atoms with Gasteiger partial charge in [0, 0.05) is 23.7 Å². The summed E-state index contributed by atoms with van der Waals surface area (Å²) in [5.41, 5.74) is 0.729. The normalized spacial score (nSPS) is 11.2. The molecule has 0 radical (unpaired) electrons. The van der Waals surface area contributed by atoms with Crippen molar-refractivity contribution in [2.45, 2.75) is 41.4 Å². The Hall–Kier alpha value is -1.43. The molecule has 0 saturated carbocycles. The van der Waals surface area contributed by atoms with Crippen molar-refractivity contribution in [1.29, 1.82) is 0 Å². The Kier molecular flexibility index (Phi) is 9.96. The van der Waals surface area contributed by atoms with Crippen LogP contribution in [0.15, 0.2) is 33.5 Å². The van der Waals surface area contributed by atoms with Gasteiger partial charge in [0.15, 0.2) is 4.34 Å². The molecule has 0 spiro atoms. The summed E-state index contributed by atoms with van der Waals surface area (Å²) < 4.78 is 30.7. The van der Waals surface area contributed by atoms with E-state index in [0.29, 0.717) is 39.3 Å². The largest absolute Gasteiger partial charge is 0.379 e. The molecule has 6 nitrogen and oxygen atoms in total. The molecule has 2 N–H and O–H groups in total. The van der Waals surface area contributed by atoms with Crippen LogP contribution in [0.5, 0.6) is 0 Å². The topological polar surface area (TPSA) is 76.1 Å². The highest BCUT2D eigenvalue weighted by Gasteiger charge is 2.09. The maximum atomic E-state index is 12.3. The Morgan fingerprint density at radius 2 is 2.00 bits per heavy atom. The van der Waals surface area contributed by atoms with Crippen LogP contribution in [0.2, 0.25) is 0 Å². The molecular formula is C17H22F2N4O2S3. The van der Waals surface area contributed by atoms with Gasteiger partial charge in [0.05, 0.1) is 11.9 Å². The molecule has 1 amide bonds. The number of benzene rings is 1. The molecule has 0 fully saturated rings. The van der Waals surface area contributed by atoms with Crippen LogP contribution >= 0.6 is 34.9 Å². The fourth-order valence-electron chi connectivity index (χ4n) is 1.96. The second kappa shape index (κ2) is 12.2. The monoisotopic (exact) mass is 448 g/mol. The number of nitrogens with one attached hydrogen (secondary N) is 2. The Labute approximate surface area is 175 Å². The highest BCUT2D eigenvalue weighted by Crippen LogP contribution is 2.29. The van der Waals surface area contributed by atoms with E-state index in [1.807, 2.05) is 13.8 Å². The Morgan fingerprint density at radius 1 is 1.25 bits per heavy atom. The van der Waals surface area contributed by atoms with Gasteiger partial charge < -0.3 is 15.4 Å².